The number of likely N-dealkylation sites (N-methyl/N-ethyl adjacent to an activating group) is 1. The van der Waals surface area contributed by atoms with Crippen molar-refractivity contribution in [2.45, 2.75) is 70.1 Å². The Balaban J connectivity index is 0.000000188. The molecule has 3 fully saturated rings. The van der Waals surface area contributed by atoms with Gasteiger partial charge in [-0.15, -0.1) is 0 Å². The first kappa shape index (κ1) is 36.8. The molecule has 48 heavy (non-hydrogen) atoms. The lowest BCUT2D eigenvalue weighted by Crippen LogP contribution is -2.51. The van der Waals surface area contributed by atoms with Gasteiger partial charge in [-0.25, -0.2) is 0 Å². The summed E-state index contributed by atoms with van der Waals surface area (Å²) in [5.41, 5.74) is 3.50. The van der Waals surface area contributed by atoms with Crippen LogP contribution in [-0.2, 0) is 19.5 Å². The van der Waals surface area contributed by atoms with Crippen LogP contribution in [0.3, 0.4) is 0 Å². The molecule has 9 heteroatoms. The average molecular weight is 698 g/mol. The summed E-state index contributed by atoms with van der Waals surface area (Å²) >= 11 is 12.1. The maximum Gasteiger partial charge on any atom is 0.203 e. The molecule has 2 atom stereocenters. The zero-order valence-electron chi connectivity index (χ0n) is 29.1. The number of rotatable bonds is 11. The number of piperazine rings is 1. The first-order valence-corrected chi connectivity index (χ1v) is 18.4. The van der Waals surface area contributed by atoms with Crippen LogP contribution < -0.4 is 9.47 Å². The highest BCUT2D eigenvalue weighted by molar-refractivity contribution is 6.42. The monoisotopic (exact) mass is 696 g/mol. The van der Waals surface area contributed by atoms with Crippen LogP contribution in [0.15, 0.2) is 60.7 Å². The van der Waals surface area contributed by atoms with Crippen molar-refractivity contribution >= 4 is 23.2 Å². The highest BCUT2D eigenvalue weighted by atomic mass is 35.5. The van der Waals surface area contributed by atoms with E-state index < -0.39 is 0 Å². The Labute approximate surface area is 298 Å². The second-order valence-corrected chi connectivity index (χ2v) is 14.3. The molecule has 0 radical (unpaired) electrons. The number of hydrogen-bond donors (Lipinski definition) is 1. The number of hydrogen-bond acceptors (Lipinski definition) is 7. The quantitative estimate of drug-likeness (QED) is 0.222. The molecule has 262 valence electrons. The van der Waals surface area contributed by atoms with E-state index in [0.29, 0.717) is 34.1 Å². The van der Waals surface area contributed by atoms with Gasteiger partial charge in [-0.1, -0.05) is 78.5 Å². The van der Waals surface area contributed by atoms with Crippen LogP contribution in [0.5, 0.6) is 17.2 Å². The van der Waals surface area contributed by atoms with E-state index in [2.05, 4.69) is 63.0 Å². The molecule has 2 heterocycles. The lowest BCUT2D eigenvalue weighted by Gasteiger charge is -2.42. The van der Waals surface area contributed by atoms with E-state index >= 15 is 0 Å². The summed E-state index contributed by atoms with van der Waals surface area (Å²) in [7, 11) is 5.42. The molecule has 3 aliphatic rings. The molecule has 2 saturated heterocycles. The van der Waals surface area contributed by atoms with Crippen molar-refractivity contribution in [3.05, 3.63) is 87.4 Å². The fourth-order valence-corrected chi connectivity index (χ4v) is 7.86. The molecule has 1 aliphatic carbocycles. The second kappa shape index (κ2) is 18.5. The van der Waals surface area contributed by atoms with Gasteiger partial charge in [-0.05, 0) is 81.6 Å². The Bertz CT molecular complexity index is 1410. The number of likely N-dealkylation sites (tertiary alicyclic amines) is 1. The Morgan fingerprint density at radius 3 is 2.10 bits per heavy atom. The zero-order valence-corrected chi connectivity index (χ0v) is 30.6. The molecule has 3 aromatic carbocycles. The maximum absolute atomic E-state index is 10.4. The Morgan fingerprint density at radius 2 is 1.44 bits per heavy atom. The van der Waals surface area contributed by atoms with Gasteiger partial charge in [0.1, 0.15) is 0 Å². The third-order valence-corrected chi connectivity index (χ3v) is 11.1. The highest BCUT2D eigenvalue weighted by Crippen LogP contribution is 2.39. The molecular formula is C39H54Cl2N4O3. The van der Waals surface area contributed by atoms with E-state index in [-0.39, 0.29) is 5.75 Å². The van der Waals surface area contributed by atoms with Crippen molar-refractivity contribution in [1.29, 1.82) is 0 Å². The lowest BCUT2D eigenvalue weighted by molar-refractivity contribution is 0.0771. The lowest BCUT2D eigenvalue weighted by atomic mass is 9.88. The van der Waals surface area contributed by atoms with Gasteiger partial charge in [0, 0.05) is 63.5 Å². The molecule has 2 unspecified atom stereocenters. The van der Waals surface area contributed by atoms with Gasteiger partial charge in [0.15, 0.2) is 11.5 Å². The number of phenols is 1. The van der Waals surface area contributed by atoms with E-state index in [4.69, 9.17) is 32.7 Å². The van der Waals surface area contributed by atoms with Crippen LogP contribution in [0.4, 0.5) is 0 Å². The van der Waals surface area contributed by atoms with E-state index in [1.54, 1.807) is 14.2 Å². The summed E-state index contributed by atoms with van der Waals surface area (Å²) in [6, 6.07) is 21.8. The molecule has 0 aromatic heterocycles. The van der Waals surface area contributed by atoms with E-state index in [9.17, 15) is 5.11 Å². The summed E-state index contributed by atoms with van der Waals surface area (Å²) in [6.07, 6.45) is 9.31. The number of halogens is 2. The molecule has 1 saturated carbocycles. The molecule has 7 nitrogen and oxygen atoms in total. The smallest absolute Gasteiger partial charge is 0.203 e. The van der Waals surface area contributed by atoms with Gasteiger partial charge in [-0.3, -0.25) is 14.7 Å². The molecule has 0 amide bonds. The summed E-state index contributed by atoms with van der Waals surface area (Å²) in [5.74, 6) is 1.13. The minimum absolute atomic E-state index is 0.175. The van der Waals surface area contributed by atoms with Crippen molar-refractivity contribution in [3.63, 3.8) is 0 Å². The largest absolute Gasteiger partial charge is 0.504 e. The van der Waals surface area contributed by atoms with Crippen LogP contribution in [-0.4, -0.2) is 104 Å². The van der Waals surface area contributed by atoms with Gasteiger partial charge in [0.2, 0.25) is 5.75 Å². The molecule has 6 rings (SSSR count). The molecule has 0 bridgehead atoms. The predicted molar refractivity (Wildman–Crippen MR) is 198 cm³/mol. The summed E-state index contributed by atoms with van der Waals surface area (Å²) in [6.45, 7) is 9.45. The number of ether oxygens (including phenoxy) is 2. The third-order valence-electron chi connectivity index (χ3n) is 10.3. The molecule has 0 spiro atoms. The van der Waals surface area contributed by atoms with Crippen LogP contribution in [0.25, 0.3) is 0 Å². The average Bonchev–Trinajstić information content (AvgIpc) is 3.66. The predicted octanol–water partition coefficient (Wildman–Crippen LogP) is 7.60. The maximum atomic E-state index is 10.4. The van der Waals surface area contributed by atoms with Crippen molar-refractivity contribution in [2.24, 2.45) is 0 Å². The minimum Gasteiger partial charge on any atom is -0.504 e. The number of benzene rings is 3. The number of phenolic OH excluding ortho intramolecular Hbond substituents is 1. The molecular weight excluding hydrogens is 643 g/mol. The summed E-state index contributed by atoms with van der Waals surface area (Å²) < 4.78 is 10.5. The fourth-order valence-electron chi connectivity index (χ4n) is 7.54. The Kier molecular flexibility index (Phi) is 14.1. The Hall–Kier alpha value is -2.52. The molecule has 2 aliphatic heterocycles. The van der Waals surface area contributed by atoms with Crippen molar-refractivity contribution < 1.29 is 14.6 Å². The van der Waals surface area contributed by atoms with Crippen LogP contribution in [0.2, 0.25) is 10.0 Å². The topological polar surface area (TPSA) is 51.7 Å². The first-order valence-electron chi connectivity index (χ1n) is 17.7. The Morgan fingerprint density at radius 1 is 0.750 bits per heavy atom. The van der Waals surface area contributed by atoms with Gasteiger partial charge in [0.05, 0.1) is 24.3 Å². The van der Waals surface area contributed by atoms with Gasteiger partial charge in [0.25, 0.3) is 0 Å². The van der Waals surface area contributed by atoms with Crippen molar-refractivity contribution in [2.75, 3.05) is 67.1 Å². The number of aromatic hydroxyl groups is 1. The van der Waals surface area contributed by atoms with Gasteiger partial charge in [-0.2, -0.15) is 0 Å². The second-order valence-electron chi connectivity index (χ2n) is 13.5. The minimum atomic E-state index is 0.175. The van der Waals surface area contributed by atoms with Crippen LogP contribution in [0, 0.1) is 0 Å². The highest BCUT2D eigenvalue weighted by Gasteiger charge is 2.33. The molecule has 1 N–H and O–H groups in total. The SMILES string of the molecule is CN(CCc1ccc(Cl)c(Cl)c1)C1CCCCC1N1CCCC1.COc1ccc(CN2CCN(Cc3ccccc3)CC2)c(O)c1OC. The fraction of sp³-hybridized carbons (Fsp3) is 0.538. The van der Waals surface area contributed by atoms with Crippen LogP contribution in [0.1, 0.15) is 55.2 Å². The normalized spacial score (nSPS) is 20.8. The van der Waals surface area contributed by atoms with Gasteiger partial charge >= 0.3 is 0 Å². The van der Waals surface area contributed by atoms with Crippen molar-refractivity contribution in [3.8, 4) is 17.2 Å². The molecule has 3 aromatic rings. The third kappa shape index (κ3) is 10.0. The van der Waals surface area contributed by atoms with E-state index in [1.165, 1.54) is 62.7 Å². The summed E-state index contributed by atoms with van der Waals surface area (Å²) in [4.78, 5) is 10.2. The van der Waals surface area contributed by atoms with Crippen molar-refractivity contribution in [1.82, 2.24) is 19.6 Å². The van der Waals surface area contributed by atoms with E-state index in [1.807, 2.05) is 24.3 Å². The number of methoxy groups -OCH3 is 2. The first-order chi connectivity index (χ1) is 23.4. The zero-order chi connectivity index (χ0) is 33.9. The summed E-state index contributed by atoms with van der Waals surface area (Å²) in [5, 5.41) is 11.7. The van der Waals surface area contributed by atoms with Gasteiger partial charge < -0.3 is 19.5 Å². The number of nitrogens with zero attached hydrogens (tertiary/aromatic N) is 4. The van der Waals surface area contributed by atoms with Crippen LogP contribution >= 0.6 is 23.2 Å². The van der Waals surface area contributed by atoms with E-state index in [0.717, 1.165) is 57.3 Å². The standard InChI is InChI=1S/C20H26N2O3.C19H28Cl2N2/c1-24-18-9-8-17(19(23)20(18)25-2)15-22-12-10-21(11-13-22)14-16-6-4-3-5-7-16;1-22(13-10-15-8-9-16(20)17(21)14-15)18-6-2-3-7-19(18)23-11-4-5-12-23/h3-9,23H,10-15H2,1-2H3;8-9,14,18-19H,2-7,10-13H2,1H3.